The van der Waals surface area contributed by atoms with Crippen LogP contribution in [0.1, 0.15) is 31.7 Å². The summed E-state index contributed by atoms with van der Waals surface area (Å²) in [5, 5.41) is 11.9. The zero-order chi connectivity index (χ0) is 11.5. The molecular formula is C15H18O. The van der Waals surface area contributed by atoms with Crippen molar-refractivity contribution in [3.8, 4) is 0 Å². The Kier molecular flexibility index (Phi) is 3.25. The van der Waals surface area contributed by atoms with Crippen LogP contribution in [0.4, 0.5) is 0 Å². The highest BCUT2D eigenvalue weighted by Crippen LogP contribution is 2.24. The van der Waals surface area contributed by atoms with Crippen LogP contribution in [0.3, 0.4) is 0 Å². The third-order valence-electron chi connectivity index (χ3n) is 3.04. The Hall–Kier alpha value is -1.34. The van der Waals surface area contributed by atoms with Crippen molar-refractivity contribution in [1.29, 1.82) is 0 Å². The summed E-state index contributed by atoms with van der Waals surface area (Å²) in [7, 11) is 0. The molecule has 0 heterocycles. The van der Waals surface area contributed by atoms with Crippen molar-refractivity contribution in [2.45, 2.75) is 32.3 Å². The fourth-order valence-electron chi connectivity index (χ4n) is 2.16. The lowest BCUT2D eigenvalue weighted by Gasteiger charge is -2.14. The minimum Gasteiger partial charge on any atom is -0.393 e. The molecule has 0 radical (unpaired) electrons. The summed E-state index contributed by atoms with van der Waals surface area (Å²) in [4.78, 5) is 0. The molecule has 1 N–H and O–H groups in total. The summed E-state index contributed by atoms with van der Waals surface area (Å²) in [6.07, 6.45) is 0.583. The lowest BCUT2D eigenvalue weighted by atomic mass is 9.93. The van der Waals surface area contributed by atoms with Gasteiger partial charge in [0.15, 0.2) is 0 Å². The van der Waals surface area contributed by atoms with Crippen LogP contribution in [0.2, 0.25) is 0 Å². The van der Waals surface area contributed by atoms with Gasteiger partial charge in [-0.1, -0.05) is 49.4 Å². The second kappa shape index (κ2) is 4.67. The molecule has 0 aromatic heterocycles. The first kappa shape index (κ1) is 11.2. The normalized spacial score (nSPS) is 14.9. The summed E-state index contributed by atoms with van der Waals surface area (Å²) < 4.78 is 0. The van der Waals surface area contributed by atoms with Crippen LogP contribution in [-0.4, -0.2) is 11.2 Å². The van der Waals surface area contributed by atoms with Gasteiger partial charge in [0.1, 0.15) is 0 Å². The Labute approximate surface area is 96.7 Å². The van der Waals surface area contributed by atoms with Gasteiger partial charge >= 0.3 is 0 Å². The monoisotopic (exact) mass is 214 g/mol. The van der Waals surface area contributed by atoms with E-state index in [-0.39, 0.29) is 6.10 Å². The van der Waals surface area contributed by atoms with Gasteiger partial charge in [-0.2, -0.15) is 0 Å². The van der Waals surface area contributed by atoms with Crippen LogP contribution in [-0.2, 0) is 0 Å². The van der Waals surface area contributed by atoms with E-state index < -0.39 is 0 Å². The largest absolute Gasteiger partial charge is 0.393 e. The number of aliphatic hydroxyl groups excluding tert-OH is 1. The highest BCUT2D eigenvalue weighted by Gasteiger charge is 2.08. The number of rotatable bonds is 3. The fraction of sp³-hybridized carbons (Fsp3) is 0.333. The molecule has 0 bridgehead atoms. The zero-order valence-electron chi connectivity index (χ0n) is 9.85. The van der Waals surface area contributed by atoms with Gasteiger partial charge in [0.25, 0.3) is 0 Å². The molecule has 2 rings (SSSR count). The third kappa shape index (κ3) is 2.42. The Morgan fingerprint density at radius 3 is 2.38 bits per heavy atom. The van der Waals surface area contributed by atoms with E-state index in [2.05, 4.69) is 49.4 Å². The molecule has 0 spiro atoms. The van der Waals surface area contributed by atoms with E-state index >= 15 is 0 Å². The van der Waals surface area contributed by atoms with Crippen LogP contribution >= 0.6 is 0 Å². The van der Waals surface area contributed by atoms with E-state index in [0.717, 1.165) is 6.42 Å². The molecule has 16 heavy (non-hydrogen) atoms. The first-order chi connectivity index (χ1) is 7.66. The molecule has 0 saturated carbocycles. The first-order valence-electron chi connectivity index (χ1n) is 5.83. The molecule has 2 aromatic carbocycles. The van der Waals surface area contributed by atoms with E-state index in [4.69, 9.17) is 0 Å². The molecule has 0 fully saturated rings. The maximum absolute atomic E-state index is 9.40. The molecule has 0 aliphatic rings. The first-order valence-corrected chi connectivity index (χ1v) is 5.83. The molecule has 1 heteroatoms. The van der Waals surface area contributed by atoms with Crippen LogP contribution in [0.15, 0.2) is 42.5 Å². The van der Waals surface area contributed by atoms with Crippen molar-refractivity contribution in [2.24, 2.45) is 0 Å². The smallest absolute Gasteiger partial charge is 0.0517 e. The summed E-state index contributed by atoms with van der Waals surface area (Å²) in [5.74, 6) is 0.407. The van der Waals surface area contributed by atoms with E-state index in [1.54, 1.807) is 0 Å². The molecule has 1 nitrogen and oxygen atoms in total. The SMILES string of the molecule is C[C@H](O)C[C@@H](C)c1ccc2ccccc2c1. The quantitative estimate of drug-likeness (QED) is 0.825. The summed E-state index contributed by atoms with van der Waals surface area (Å²) in [6, 6.07) is 14.9. The Bertz CT molecular complexity index is 474. The predicted molar refractivity (Wildman–Crippen MR) is 68.7 cm³/mol. The number of benzene rings is 2. The van der Waals surface area contributed by atoms with Crippen LogP contribution < -0.4 is 0 Å². The minimum atomic E-state index is -0.235. The van der Waals surface area contributed by atoms with Crippen molar-refractivity contribution in [3.05, 3.63) is 48.0 Å². The fourth-order valence-corrected chi connectivity index (χ4v) is 2.16. The lowest BCUT2D eigenvalue weighted by molar-refractivity contribution is 0.176. The highest BCUT2D eigenvalue weighted by atomic mass is 16.3. The molecule has 2 atom stereocenters. The van der Waals surface area contributed by atoms with Gasteiger partial charge in [-0.15, -0.1) is 0 Å². The molecule has 0 unspecified atom stereocenters. The minimum absolute atomic E-state index is 0.235. The lowest BCUT2D eigenvalue weighted by Crippen LogP contribution is -2.05. The number of fused-ring (bicyclic) bond motifs is 1. The van der Waals surface area contributed by atoms with Crippen molar-refractivity contribution in [2.75, 3.05) is 0 Å². The van der Waals surface area contributed by atoms with E-state index in [1.165, 1.54) is 16.3 Å². The Balaban J connectivity index is 2.32. The van der Waals surface area contributed by atoms with Gasteiger partial charge in [-0.25, -0.2) is 0 Å². The average Bonchev–Trinajstić information content (AvgIpc) is 2.27. The van der Waals surface area contributed by atoms with E-state index in [9.17, 15) is 5.11 Å². The van der Waals surface area contributed by atoms with Crippen molar-refractivity contribution >= 4 is 10.8 Å². The van der Waals surface area contributed by atoms with Gasteiger partial charge in [0.2, 0.25) is 0 Å². The van der Waals surface area contributed by atoms with Gasteiger partial charge in [0.05, 0.1) is 6.10 Å². The molecular weight excluding hydrogens is 196 g/mol. The van der Waals surface area contributed by atoms with Gasteiger partial charge in [-0.3, -0.25) is 0 Å². The van der Waals surface area contributed by atoms with Crippen LogP contribution in [0, 0.1) is 0 Å². The van der Waals surface area contributed by atoms with Crippen LogP contribution in [0.5, 0.6) is 0 Å². The Morgan fingerprint density at radius 1 is 1.00 bits per heavy atom. The molecule has 0 aliphatic heterocycles. The molecule has 0 amide bonds. The van der Waals surface area contributed by atoms with E-state index in [1.807, 2.05) is 6.92 Å². The number of hydrogen-bond donors (Lipinski definition) is 1. The summed E-state index contributed by atoms with van der Waals surface area (Å²) in [5.41, 5.74) is 1.31. The van der Waals surface area contributed by atoms with Crippen molar-refractivity contribution in [3.63, 3.8) is 0 Å². The maximum Gasteiger partial charge on any atom is 0.0517 e. The third-order valence-corrected chi connectivity index (χ3v) is 3.04. The van der Waals surface area contributed by atoms with Crippen molar-refractivity contribution in [1.82, 2.24) is 0 Å². The topological polar surface area (TPSA) is 20.2 Å². The van der Waals surface area contributed by atoms with E-state index in [0.29, 0.717) is 5.92 Å². The second-order valence-electron chi connectivity index (χ2n) is 4.59. The molecule has 0 saturated heterocycles. The molecule has 0 aliphatic carbocycles. The second-order valence-corrected chi connectivity index (χ2v) is 4.59. The average molecular weight is 214 g/mol. The number of hydrogen-bond acceptors (Lipinski definition) is 1. The molecule has 84 valence electrons. The summed E-state index contributed by atoms with van der Waals surface area (Å²) in [6.45, 7) is 4.01. The highest BCUT2D eigenvalue weighted by molar-refractivity contribution is 5.83. The van der Waals surface area contributed by atoms with Gasteiger partial charge < -0.3 is 5.11 Å². The Morgan fingerprint density at radius 2 is 1.69 bits per heavy atom. The molecule has 2 aromatic rings. The van der Waals surface area contributed by atoms with Crippen LogP contribution in [0.25, 0.3) is 10.8 Å². The van der Waals surface area contributed by atoms with Gasteiger partial charge in [0, 0.05) is 0 Å². The number of aliphatic hydroxyl groups is 1. The standard InChI is InChI=1S/C15H18O/c1-11(9-12(2)16)14-8-7-13-5-3-4-6-15(13)10-14/h3-8,10-12,16H,9H2,1-2H3/t11-,12+/m1/s1. The zero-order valence-corrected chi connectivity index (χ0v) is 9.85. The summed E-state index contributed by atoms with van der Waals surface area (Å²) >= 11 is 0. The predicted octanol–water partition coefficient (Wildman–Crippen LogP) is 3.71. The maximum atomic E-state index is 9.40. The van der Waals surface area contributed by atoms with Crippen molar-refractivity contribution < 1.29 is 5.11 Å². The van der Waals surface area contributed by atoms with Gasteiger partial charge in [-0.05, 0) is 35.6 Å².